The number of sulfonamides is 1. The van der Waals surface area contributed by atoms with Gasteiger partial charge in [-0.3, -0.25) is 9.52 Å². The molecule has 126 valence electrons. The molecule has 9 heteroatoms. The first-order chi connectivity index (χ1) is 10.7. The highest BCUT2D eigenvalue weighted by molar-refractivity contribution is 9.09. The maximum atomic E-state index is 13.4. The number of rotatable bonds is 6. The van der Waals surface area contributed by atoms with Gasteiger partial charge in [0.15, 0.2) is 5.60 Å². The third-order valence-corrected chi connectivity index (χ3v) is 5.22. The molecular weight excluding hydrogens is 393 g/mol. The topological polar surface area (TPSA) is 92.7 Å². The first-order valence-electron chi connectivity index (χ1n) is 6.69. The summed E-state index contributed by atoms with van der Waals surface area (Å²) < 4.78 is 44.5. The molecule has 1 atom stereocenters. The lowest BCUT2D eigenvalue weighted by Crippen LogP contribution is -2.32. The lowest BCUT2D eigenvalue weighted by atomic mass is 9.91. The molecule has 1 unspecified atom stereocenters. The van der Waals surface area contributed by atoms with Crippen LogP contribution in [0, 0.1) is 5.82 Å². The number of carbonyl (C=O) groups is 1. The molecule has 0 amide bonds. The van der Waals surface area contributed by atoms with Crippen LogP contribution in [0.2, 0.25) is 0 Å². The largest absolute Gasteiger partial charge is 0.501 e. The van der Waals surface area contributed by atoms with E-state index in [2.05, 4.69) is 20.7 Å². The van der Waals surface area contributed by atoms with Crippen molar-refractivity contribution in [3.63, 3.8) is 0 Å². The molecule has 1 aromatic rings. The number of aliphatic hydroxyl groups is 1. The van der Waals surface area contributed by atoms with E-state index in [0.717, 1.165) is 6.07 Å². The molecule has 1 heterocycles. The van der Waals surface area contributed by atoms with Gasteiger partial charge in [0.2, 0.25) is 21.7 Å². The van der Waals surface area contributed by atoms with Crippen molar-refractivity contribution in [1.29, 1.82) is 0 Å². The Morgan fingerprint density at radius 1 is 1.43 bits per heavy atom. The molecule has 23 heavy (non-hydrogen) atoms. The summed E-state index contributed by atoms with van der Waals surface area (Å²) in [5, 5.41) is 10.4. The molecule has 6 nitrogen and oxygen atoms in total. The third kappa shape index (κ3) is 3.66. The van der Waals surface area contributed by atoms with Gasteiger partial charge in [0, 0.05) is 10.9 Å². The van der Waals surface area contributed by atoms with Crippen molar-refractivity contribution in [2.45, 2.75) is 18.9 Å². The number of Topliss-reactive ketones (excluding diaryl/α,β-unsaturated/α-hetero) is 1. The predicted molar refractivity (Wildman–Crippen MR) is 84.8 cm³/mol. The van der Waals surface area contributed by atoms with Crippen molar-refractivity contribution >= 4 is 31.7 Å². The molecule has 0 fully saturated rings. The van der Waals surface area contributed by atoms with Gasteiger partial charge in [-0.15, -0.1) is 0 Å². The monoisotopic (exact) mass is 407 g/mol. The Morgan fingerprint density at radius 2 is 2.13 bits per heavy atom. The summed E-state index contributed by atoms with van der Waals surface area (Å²) in [7, 11) is -3.77. The SMILES string of the molecule is CC1(c2cccc(F)c2)OC(NS(=O)(=O)CCCBr)=C(O)C1=O. The highest BCUT2D eigenvalue weighted by Gasteiger charge is 2.48. The number of alkyl halides is 1. The standard InChI is InChI=1S/C14H15BrFNO5S/c1-14(9-4-2-5-10(16)8-9)12(19)11(18)13(22-14)17-23(20,21)7-3-6-15/h2,4-5,8,17-18H,3,6-7H2,1H3. The van der Waals surface area contributed by atoms with E-state index in [1.54, 1.807) is 0 Å². The zero-order valence-electron chi connectivity index (χ0n) is 12.2. The van der Waals surface area contributed by atoms with Crippen LogP contribution in [0.15, 0.2) is 35.9 Å². The van der Waals surface area contributed by atoms with E-state index in [0.29, 0.717) is 11.8 Å². The lowest BCUT2D eigenvalue weighted by Gasteiger charge is -2.23. The highest BCUT2D eigenvalue weighted by atomic mass is 79.9. The van der Waals surface area contributed by atoms with Crippen molar-refractivity contribution in [3.05, 3.63) is 47.3 Å². The van der Waals surface area contributed by atoms with Gasteiger partial charge in [-0.25, -0.2) is 12.8 Å². The molecule has 0 radical (unpaired) electrons. The lowest BCUT2D eigenvalue weighted by molar-refractivity contribution is -0.131. The minimum atomic E-state index is -3.77. The fraction of sp³-hybridized carbons (Fsp3) is 0.357. The van der Waals surface area contributed by atoms with Crippen LogP contribution in [0.3, 0.4) is 0 Å². The van der Waals surface area contributed by atoms with Gasteiger partial charge in [-0.2, -0.15) is 0 Å². The number of nitrogens with one attached hydrogen (secondary N) is 1. The summed E-state index contributed by atoms with van der Waals surface area (Å²) in [6, 6.07) is 5.13. The summed E-state index contributed by atoms with van der Waals surface area (Å²) in [5.41, 5.74) is -1.52. The fourth-order valence-corrected chi connectivity index (χ4v) is 3.81. The minimum absolute atomic E-state index is 0.170. The summed E-state index contributed by atoms with van der Waals surface area (Å²) in [6.45, 7) is 1.33. The molecular formula is C14H15BrFNO5S. The van der Waals surface area contributed by atoms with Gasteiger partial charge in [0.1, 0.15) is 5.82 Å². The number of hydrogen-bond donors (Lipinski definition) is 2. The number of benzene rings is 1. The first kappa shape index (κ1) is 17.7. The minimum Gasteiger partial charge on any atom is -0.501 e. The third-order valence-electron chi connectivity index (χ3n) is 3.34. The molecule has 0 spiro atoms. The van der Waals surface area contributed by atoms with Gasteiger partial charge >= 0.3 is 0 Å². The van der Waals surface area contributed by atoms with Crippen LogP contribution in [-0.4, -0.2) is 30.4 Å². The number of carbonyl (C=O) groups excluding carboxylic acids is 1. The quantitative estimate of drug-likeness (QED) is 0.704. The number of hydrogen-bond acceptors (Lipinski definition) is 5. The normalized spacial score (nSPS) is 21.4. The van der Waals surface area contributed by atoms with E-state index in [4.69, 9.17) is 4.74 Å². The van der Waals surface area contributed by atoms with Crippen LogP contribution in [0.4, 0.5) is 4.39 Å². The van der Waals surface area contributed by atoms with E-state index in [1.165, 1.54) is 25.1 Å². The Morgan fingerprint density at radius 3 is 2.74 bits per heavy atom. The molecule has 0 saturated heterocycles. The van der Waals surface area contributed by atoms with Gasteiger partial charge in [0.05, 0.1) is 5.75 Å². The Hall–Kier alpha value is -1.61. The van der Waals surface area contributed by atoms with E-state index in [-0.39, 0.29) is 11.3 Å². The number of ether oxygens (including phenoxy) is 1. The van der Waals surface area contributed by atoms with Crippen LogP contribution in [-0.2, 0) is 25.2 Å². The Labute approximate surface area is 141 Å². The Bertz CT molecular complexity index is 764. The van der Waals surface area contributed by atoms with Crippen molar-refractivity contribution < 1.29 is 27.4 Å². The smallest absolute Gasteiger partial charge is 0.250 e. The zero-order chi connectivity index (χ0) is 17.3. The van der Waals surface area contributed by atoms with E-state index in [9.17, 15) is 22.7 Å². The van der Waals surface area contributed by atoms with Crippen LogP contribution < -0.4 is 4.72 Å². The second-order valence-electron chi connectivity index (χ2n) is 5.12. The van der Waals surface area contributed by atoms with Gasteiger partial charge < -0.3 is 9.84 Å². The molecule has 1 aliphatic rings. The summed E-state index contributed by atoms with van der Waals surface area (Å²) in [4.78, 5) is 12.3. The zero-order valence-corrected chi connectivity index (χ0v) is 14.6. The molecule has 2 N–H and O–H groups in total. The highest BCUT2D eigenvalue weighted by Crippen LogP contribution is 2.37. The van der Waals surface area contributed by atoms with Gasteiger partial charge in [-0.05, 0) is 25.5 Å². The maximum absolute atomic E-state index is 13.4. The van der Waals surface area contributed by atoms with Crippen LogP contribution in [0.1, 0.15) is 18.9 Å². The molecule has 1 aromatic carbocycles. The fourth-order valence-electron chi connectivity index (χ4n) is 2.11. The maximum Gasteiger partial charge on any atom is 0.250 e. The van der Waals surface area contributed by atoms with E-state index < -0.39 is 38.9 Å². The second-order valence-corrected chi connectivity index (χ2v) is 7.75. The van der Waals surface area contributed by atoms with Crippen molar-refractivity contribution in [3.8, 4) is 0 Å². The van der Waals surface area contributed by atoms with E-state index in [1.807, 2.05) is 0 Å². The number of halogens is 2. The average Bonchev–Trinajstić information content (AvgIpc) is 2.70. The molecule has 0 aromatic heterocycles. The van der Waals surface area contributed by atoms with Crippen molar-refractivity contribution in [1.82, 2.24) is 4.72 Å². The summed E-state index contributed by atoms with van der Waals surface area (Å²) >= 11 is 3.12. The molecule has 0 saturated carbocycles. The molecule has 0 bridgehead atoms. The average molecular weight is 408 g/mol. The summed E-state index contributed by atoms with van der Waals surface area (Å²) in [6.07, 6.45) is 0.346. The van der Waals surface area contributed by atoms with Crippen LogP contribution in [0.5, 0.6) is 0 Å². The first-order valence-corrected chi connectivity index (χ1v) is 9.46. The van der Waals surface area contributed by atoms with Gasteiger partial charge in [0.25, 0.3) is 5.78 Å². The van der Waals surface area contributed by atoms with Gasteiger partial charge in [-0.1, -0.05) is 28.1 Å². The van der Waals surface area contributed by atoms with E-state index >= 15 is 0 Å². The molecule has 2 rings (SSSR count). The van der Waals surface area contributed by atoms with Crippen molar-refractivity contribution in [2.24, 2.45) is 0 Å². The van der Waals surface area contributed by atoms with Crippen LogP contribution >= 0.6 is 15.9 Å². The molecule has 1 aliphatic heterocycles. The van der Waals surface area contributed by atoms with Crippen LogP contribution in [0.25, 0.3) is 0 Å². The number of ketones is 1. The second kappa shape index (κ2) is 6.48. The number of aliphatic hydroxyl groups excluding tert-OH is 1. The predicted octanol–water partition coefficient (Wildman–Crippen LogP) is 2.07. The van der Waals surface area contributed by atoms with Crippen molar-refractivity contribution in [2.75, 3.05) is 11.1 Å². The molecule has 0 aliphatic carbocycles. The Balaban J connectivity index is 2.27. The Kier molecular flexibility index (Phi) is 5.00. The summed E-state index contributed by atoms with van der Waals surface area (Å²) in [5.74, 6) is -3.01.